The van der Waals surface area contributed by atoms with Gasteiger partial charge in [0.2, 0.25) is 0 Å². The molecule has 1 aromatic rings. The van der Waals surface area contributed by atoms with E-state index in [2.05, 4.69) is 74.6 Å². The Morgan fingerprint density at radius 1 is 1.10 bits per heavy atom. The number of amides is 1. The quantitative estimate of drug-likeness (QED) is 0.186. The number of benzene rings is 1. The van der Waals surface area contributed by atoms with Crippen molar-refractivity contribution in [3.05, 3.63) is 83.2 Å². The first-order chi connectivity index (χ1) is 19.8. The van der Waals surface area contributed by atoms with Crippen LogP contribution in [0, 0.1) is 29.6 Å². The number of aliphatic carboxylic acids is 1. The van der Waals surface area contributed by atoms with Gasteiger partial charge in [0.1, 0.15) is 17.5 Å². The minimum atomic E-state index is -0.946. The summed E-state index contributed by atoms with van der Waals surface area (Å²) in [7, 11) is 0. The van der Waals surface area contributed by atoms with Crippen molar-refractivity contribution in [3.8, 4) is 0 Å². The van der Waals surface area contributed by atoms with Gasteiger partial charge in [-0.1, -0.05) is 69.3 Å². The number of carboxylic acids is 1. The molecule has 42 heavy (non-hydrogen) atoms. The predicted molar refractivity (Wildman–Crippen MR) is 168 cm³/mol. The van der Waals surface area contributed by atoms with Gasteiger partial charge >= 0.3 is 5.97 Å². The van der Waals surface area contributed by atoms with Crippen molar-refractivity contribution in [2.75, 3.05) is 6.54 Å². The van der Waals surface area contributed by atoms with Crippen LogP contribution in [0.5, 0.6) is 0 Å². The molecule has 0 fully saturated rings. The predicted octanol–water partition coefficient (Wildman–Crippen LogP) is 7.64. The molecule has 2 N–H and O–H groups in total. The molecular weight excluding hydrogens is 528 g/mol. The van der Waals surface area contributed by atoms with Crippen LogP contribution in [0.25, 0.3) is 0 Å². The lowest BCUT2D eigenvalue weighted by Gasteiger charge is -2.29. The highest BCUT2D eigenvalue weighted by atomic mass is 16.6. The van der Waals surface area contributed by atoms with Crippen molar-refractivity contribution >= 4 is 18.1 Å². The summed E-state index contributed by atoms with van der Waals surface area (Å²) >= 11 is 0. The van der Waals surface area contributed by atoms with Crippen molar-refractivity contribution in [1.82, 2.24) is 5.32 Å². The molecule has 0 heterocycles. The average molecular weight is 577 g/mol. The number of oxime groups is 1. The summed E-state index contributed by atoms with van der Waals surface area (Å²) in [6.07, 6.45) is 16.7. The lowest BCUT2D eigenvalue weighted by atomic mass is 9.78. The number of carbonyl (C=O) groups excluding carboxylic acids is 1. The summed E-state index contributed by atoms with van der Waals surface area (Å²) < 4.78 is 6.61. The Morgan fingerprint density at radius 2 is 1.81 bits per heavy atom. The Kier molecular flexibility index (Phi) is 11.8. The molecule has 0 radical (unpaired) electrons. The maximum absolute atomic E-state index is 12.4. The number of hydrogen-bond donors (Lipinski definition) is 2. The van der Waals surface area contributed by atoms with Crippen LogP contribution >= 0.6 is 0 Å². The van der Waals surface area contributed by atoms with Crippen LogP contribution in [0.4, 0.5) is 0 Å². The van der Waals surface area contributed by atoms with Gasteiger partial charge < -0.3 is 20.0 Å². The van der Waals surface area contributed by atoms with Crippen molar-refractivity contribution in [3.63, 3.8) is 0 Å². The number of nitrogens with one attached hydrogen (secondary N) is 1. The molecule has 7 heteroatoms. The zero-order valence-electron chi connectivity index (χ0n) is 26.2. The van der Waals surface area contributed by atoms with Crippen molar-refractivity contribution < 1.29 is 24.3 Å². The molecule has 0 saturated carbocycles. The second-order valence-corrected chi connectivity index (χ2v) is 13.0. The van der Waals surface area contributed by atoms with Crippen LogP contribution in [0.15, 0.2) is 77.2 Å². The number of allylic oxidation sites excluding steroid dienone is 7. The van der Waals surface area contributed by atoms with Crippen LogP contribution in [0.2, 0.25) is 0 Å². The van der Waals surface area contributed by atoms with E-state index in [9.17, 15) is 9.59 Å². The summed E-state index contributed by atoms with van der Waals surface area (Å²) in [5.41, 5.74) is 2.36. The SMILES string of the molecule is CC(C)CC(OC1=CC(/C=N/OC(C)(C)C)C(C2=CCC(C(C)C)C=C2)C=C1)c1ccc(C(=O)NCCC(=O)O)cc1. The van der Waals surface area contributed by atoms with Gasteiger partial charge in [-0.3, -0.25) is 9.59 Å². The molecule has 0 bridgehead atoms. The monoisotopic (exact) mass is 576 g/mol. The largest absolute Gasteiger partial charge is 0.486 e. The van der Waals surface area contributed by atoms with Crippen molar-refractivity contribution in [2.45, 2.75) is 79.4 Å². The molecule has 0 aromatic heterocycles. The fourth-order valence-electron chi connectivity index (χ4n) is 4.96. The van der Waals surface area contributed by atoms with Gasteiger partial charge in [0.15, 0.2) is 0 Å². The van der Waals surface area contributed by atoms with Gasteiger partial charge in [-0.05, 0) is 86.8 Å². The third-order valence-electron chi connectivity index (χ3n) is 7.33. The molecule has 1 aromatic carbocycles. The van der Waals surface area contributed by atoms with E-state index >= 15 is 0 Å². The van der Waals surface area contributed by atoms with Crippen molar-refractivity contribution in [1.29, 1.82) is 0 Å². The van der Waals surface area contributed by atoms with E-state index in [1.807, 2.05) is 39.1 Å². The van der Waals surface area contributed by atoms with Gasteiger partial charge in [-0.2, -0.15) is 0 Å². The third kappa shape index (κ3) is 10.3. The number of carboxylic acid groups (broad SMARTS) is 1. The summed E-state index contributed by atoms with van der Waals surface area (Å²) in [5.74, 6) is 1.20. The maximum atomic E-state index is 12.4. The minimum Gasteiger partial charge on any atom is -0.486 e. The normalized spacial score (nSPS) is 21.3. The standard InChI is InChI=1S/C35H48N2O5/c1-23(2)20-32(27-12-14-28(15-13-27)34(40)36-19-18-33(38)39)41-30-16-17-31(26-10-8-25(9-11-26)24(3)4)29(21-30)22-37-42-35(5,6)7/h8,10-17,21-25,29,31-32H,9,18-20H2,1-7H3,(H,36,40)(H,38,39)/b37-22+. The molecule has 0 spiro atoms. The summed E-state index contributed by atoms with van der Waals surface area (Å²) in [5, 5.41) is 15.8. The number of nitrogens with zero attached hydrogens (tertiary/aromatic N) is 1. The van der Waals surface area contributed by atoms with Gasteiger partial charge in [-0.15, -0.1) is 0 Å². The van der Waals surface area contributed by atoms with E-state index in [-0.39, 0.29) is 42.4 Å². The number of hydrogen-bond acceptors (Lipinski definition) is 5. The molecule has 1 amide bonds. The Hall–Kier alpha value is -3.61. The first-order valence-corrected chi connectivity index (χ1v) is 15.1. The van der Waals surface area contributed by atoms with Gasteiger partial charge in [-0.25, -0.2) is 0 Å². The average Bonchev–Trinajstić information content (AvgIpc) is 2.92. The molecule has 228 valence electrons. The van der Waals surface area contributed by atoms with Crippen LogP contribution in [-0.2, 0) is 14.4 Å². The molecule has 0 saturated heterocycles. The van der Waals surface area contributed by atoms with Crippen LogP contribution in [-0.4, -0.2) is 35.3 Å². The van der Waals surface area contributed by atoms with E-state index in [0.717, 1.165) is 24.2 Å². The Morgan fingerprint density at radius 3 is 2.38 bits per heavy atom. The Labute approximate surface area is 251 Å². The molecule has 4 atom stereocenters. The maximum Gasteiger partial charge on any atom is 0.305 e. The molecular formula is C35H48N2O5. The van der Waals surface area contributed by atoms with E-state index in [4.69, 9.17) is 14.7 Å². The lowest BCUT2D eigenvalue weighted by molar-refractivity contribution is -0.136. The highest BCUT2D eigenvalue weighted by molar-refractivity contribution is 5.94. The fraction of sp³-hybridized carbons (Fsp3) is 0.514. The zero-order chi connectivity index (χ0) is 30.9. The molecule has 4 unspecified atom stereocenters. The molecule has 2 aliphatic carbocycles. The summed E-state index contributed by atoms with van der Waals surface area (Å²) in [6, 6.07) is 7.34. The summed E-state index contributed by atoms with van der Waals surface area (Å²) in [6.45, 7) is 14.9. The van der Waals surface area contributed by atoms with Gasteiger partial charge in [0.05, 0.1) is 12.6 Å². The highest BCUT2D eigenvalue weighted by Gasteiger charge is 2.27. The molecule has 2 aliphatic rings. The van der Waals surface area contributed by atoms with Crippen LogP contribution in [0.1, 0.15) is 89.8 Å². The molecule has 0 aliphatic heterocycles. The van der Waals surface area contributed by atoms with Gasteiger partial charge in [0, 0.05) is 23.9 Å². The Bertz CT molecular complexity index is 1210. The first-order valence-electron chi connectivity index (χ1n) is 15.1. The number of carbonyl (C=O) groups is 2. The lowest BCUT2D eigenvalue weighted by Crippen LogP contribution is -2.26. The van der Waals surface area contributed by atoms with Crippen molar-refractivity contribution in [2.24, 2.45) is 34.7 Å². The summed E-state index contributed by atoms with van der Waals surface area (Å²) in [4.78, 5) is 28.8. The molecule has 3 rings (SSSR count). The van der Waals surface area contributed by atoms with E-state index in [0.29, 0.717) is 23.3 Å². The highest BCUT2D eigenvalue weighted by Crippen LogP contribution is 2.36. The van der Waals surface area contributed by atoms with E-state index in [1.54, 1.807) is 12.1 Å². The zero-order valence-corrected chi connectivity index (χ0v) is 26.2. The van der Waals surface area contributed by atoms with Gasteiger partial charge in [0.25, 0.3) is 5.91 Å². The van der Waals surface area contributed by atoms with Crippen LogP contribution < -0.4 is 5.32 Å². The second-order valence-electron chi connectivity index (χ2n) is 13.0. The first kappa shape index (κ1) is 32.9. The number of ether oxygens (including phenoxy) is 1. The smallest absolute Gasteiger partial charge is 0.305 e. The fourth-order valence-corrected chi connectivity index (χ4v) is 4.96. The second kappa shape index (κ2) is 15.0. The Balaban J connectivity index is 1.79. The van der Waals surface area contributed by atoms with E-state index < -0.39 is 5.97 Å². The topological polar surface area (TPSA) is 97.2 Å². The van der Waals surface area contributed by atoms with E-state index in [1.165, 1.54) is 5.57 Å². The molecule has 7 nitrogen and oxygen atoms in total. The third-order valence-corrected chi connectivity index (χ3v) is 7.33. The van der Waals surface area contributed by atoms with Crippen LogP contribution in [0.3, 0.4) is 0 Å². The number of rotatable bonds is 13. The minimum absolute atomic E-state index is 0.0320.